The fourth-order valence-electron chi connectivity index (χ4n) is 1.71. The fourth-order valence-corrected chi connectivity index (χ4v) is 1.71. The molecule has 1 unspecified atom stereocenters. The van der Waals surface area contributed by atoms with Crippen molar-refractivity contribution in [1.82, 2.24) is 15.5 Å². The highest BCUT2D eigenvalue weighted by Crippen LogP contribution is 2.13. The molecule has 0 aromatic carbocycles. The number of carbonyl (C=O) groups is 1. The molecular formula is C10H21N3O. The van der Waals surface area contributed by atoms with Crippen LogP contribution in [0.15, 0.2) is 0 Å². The third kappa shape index (κ3) is 3.96. The Labute approximate surface area is 86.0 Å². The van der Waals surface area contributed by atoms with Gasteiger partial charge in [-0.1, -0.05) is 0 Å². The summed E-state index contributed by atoms with van der Waals surface area (Å²) in [5, 5.41) is 6.22. The average Bonchev–Trinajstić information content (AvgIpc) is 2.64. The van der Waals surface area contributed by atoms with E-state index in [2.05, 4.69) is 10.6 Å². The van der Waals surface area contributed by atoms with Gasteiger partial charge in [0.25, 0.3) is 0 Å². The van der Waals surface area contributed by atoms with E-state index in [1.165, 1.54) is 12.8 Å². The molecule has 1 aliphatic heterocycles. The van der Waals surface area contributed by atoms with Crippen molar-refractivity contribution in [2.75, 3.05) is 33.7 Å². The molecule has 1 fully saturated rings. The second-order valence-electron chi connectivity index (χ2n) is 4.13. The smallest absolute Gasteiger partial charge is 0.316 e. The maximum Gasteiger partial charge on any atom is 0.316 e. The van der Waals surface area contributed by atoms with Gasteiger partial charge in [0, 0.05) is 20.6 Å². The van der Waals surface area contributed by atoms with Gasteiger partial charge in [0.1, 0.15) is 0 Å². The predicted molar refractivity (Wildman–Crippen MR) is 57.3 cm³/mol. The van der Waals surface area contributed by atoms with Gasteiger partial charge >= 0.3 is 6.03 Å². The molecule has 14 heavy (non-hydrogen) atoms. The Morgan fingerprint density at radius 3 is 2.93 bits per heavy atom. The molecule has 0 radical (unpaired) electrons. The second kappa shape index (κ2) is 5.86. The normalized spacial score (nSPS) is 20.9. The minimum atomic E-state index is 0.00884. The van der Waals surface area contributed by atoms with Crippen LogP contribution in [0.5, 0.6) is 0 Å². The zero-order valence-electron chi connectivity index (χ0n) is 9.18. The zero-order valence-corrected chi connectivity index (χ0v) is 9.18. The van der Waals surface area contributed by atoms with Gasteiger partial charge in [0.15, 0.2) is 0 Å². The number of carbonyl (C=O) groups excluding carboxylic acids is 1. The summed E-state index contributed by atoms with van der Waals surface area (Å²) in [6.45, 7) is 3.11. The molecule has 0 aromatic rings. The van der Waals surface area contributed by atoms with Crippen LogP contribution < -0.4 is 10.6 Å². The second-order valence-corrected chi connectivity index (χ2v) is 4.13. The van der Waals surface area contributed by atoms with Crippen molar-refractivity contribution in [3.63, 3.8) is 0 Å². The van der Waals surface area contributed by atoms with Gasteiger partial charge in [0.05, 0.1) is 0 Å². The summed E-state index contributed by atoms with van der Waals surface area (Å²) < 4.78 is 0. The molecule has 2 amide bonds. The Kier molecular flexibility index (Phi) is 4.73. The van der Waals surface area contributed by atoms with Crippen LogP contribution in [-0.2, 0) is 0 Å². The fraction of sp³-hybridized carbons (Fsp3) is 0.900. The van der Waals surface area contributed by atoms with E-state index in [-0.39, 0.29) is 6.03 Å². The lowest BCUT2D eigenvalue weighted by Gasteiger charge is -2.12. The van der Waals surface area contributed by atoms with Gasteiger partial charge in [-0.05, 0) is 38.3 Å². The molecular weight excluding hydrogens is 178 g/mol. The molecule has 0 saturated carbocycles. The molecule has 0 aliphatic carbocycles. The number of urea groups is 1. The maximum atomic E-state index is 11.1. The SMILES string of the molecule is CN(C)C(=O)NCCCC1CCNC1. The van der Waals surface area contributed by atoms with Crippen molar-refractivity contribution in [2.24, 2.45) is 5.92 Å². The Morgan fingerprint density at radius 2 is 2.36 bits per heavy atom. The maximum absolute atomic E-state index is 11.1. The highest BCUT2D eigenvalue weighted by atomic mass is 16.2. The van der Waals surface area contributed by atoms with Gasteiger partial charge in [-0.15, -0.1) is 0 Å². The molecule has 1 saturated heterocycles. The van der Waals surface area contributed by atoms with Crippen LogP contribution >= 0.6 is 0 Å². The molecule has 2 N–H and O–H groups in total. The van der Waals surface area contributed by atoms with E-state index in [4.69, 9.17) is 0 Å². The monoisotopic (exact) mass is 199 g/mol. The molecule has 1 aliphatic rings. The van der Waals surface area contributed by atoms with E-state index in [0.717, 1.165) is 32.0 Å². The summed E-state index contributed by atoms with van der Waals surface area (Å²) >= 11 is 0. The molecule has 82 valence electrons. The summed E-state index contributed by atoms with van der Waals surface area (Å²) in [5.41, 5.74) is 0. The van der Waals surface area contributed by atoms with Crippen LogP contribution in [0.1, 0.15) is 19.3 Å². The van der Waals surface area contributed by atoms with Crippen LogP contribution in [0, 0.1) is 5.92 Å². The van der Waals surface area contributed by atoms with Crippen LogP contribution in [0.4, 0.5) is 4.79 Å². The van der Waals surface area contributed by atoms with Crippen molar-refractivity contribution in [1.29, 1.82) is 0 Å². The minimum absolute atomic E-state index is 0.00884. The van der Waals surface area contributed by atoms with E-state index in [1.54, 1.807) is 19.0 Å². The van der Waals surface area contributed by atoms with Crippen molar-refractivity contribution < 1.29 is 4.79 Å². The number of nitrogens with zero attached hydrogens (tertiary/aromatic N) is 1. The summed E-state index contributed by atoms with van der Waals surface area (Å²) in [7, 11) is 3.52. The first kappa shape index (κ1) is 11.3. The van der Waals surface area contributed by atoms with Crippen molar-refractivity contribution in [2.45, 2.75) is 19.3 Å². The summed E-state index contributed by atoms with van der Waals surface area (Å²) in [6, 6.07) is 0.00884. The number of rotatable bonds is 4. The Hall–Kier alpha value is -0.770. The molecule has 0 spiro atoms. The third-order valence-electron chi connectivity index (χ3n) is 2.63. The lowest BCUT2D eigenvalue weighted by Crippen LogP contribution is -2.35. The molecule has 4 nitrogen and oxygen atoms in total. The summed E-state index contributed by atoms with van der Waals surface area (Å²) in [5.74, 6) is 0.825. The predicted octanol–water partition coefficient (Wildman–Crippen LogP) is 0.647. The summed E-state index contributed by atoms with van der Waals surface area (Å²) in [4.78, 5) is 12.7. The minimum Gasteiger partial charge on any atom is -0.338 e. The van der Waals surface area contributed by atoms with Gasteiger partial charge in [-0.25, -0.2) is 4.79 Å². The van der Waals surface area contributed by atoms with E-state index < -0.39 is 0 Å². The van der Waals surface area contributed by atoms with Gasteiger partial charge in [0.2, 0.25) is 0 Å². The highest BCUT2D eigenvalue weighted by molar-refractivity contribution is 5.73. The van der Waals surface area contributed by atoms with E-state index in [1.807, 2.05) is 0 Å². The van der Waals surface area contributed by atoms with E-state index in [9.17, 15) is 4.79 Å². The molecule has 0 bridgehead atoms. The van der Waals surface area contributed by atoms with Crippen LogP contribution in [-0.4, -0.2) is 44.7 Å². The highest BCUT2D eigenvalue weighted by Gasteiger charge is 2.13. The zero-order chi connectivity index (χ0) is 10.4. The molecule has 1 atom stereocenters. The van der Waals surface area contributed by atoms with E-state index >= 15 is 0 Å². The largest absolute Gasteiger partial charge is 0.338 e. The number of amides is 2. The molecule has 1 heterocycles. The number of hydrogen-bond acceptors (Lipinski definition) is 2. The first-order valence-electron chi connectivity index (χ1n) is 5.36. The summed E-state index contributed by atoms with van der Waals surface area (Å²) in [6.07, 6.45) is 3.61. The number of hydrogen-bond donors (Lipinski definition) is 2. The first-order valence-corrected chi connectivity index (χ1v) is 5.36. The van der Waals surface area contributed by atoms with E-state index in [0.29, 0.717) is 0 Å². The van der Waals surface area contributed by atoms with Gasteiger partial charge in [-0.3, -0.25) is 0 Å². The molecule has 1 rings (SSSR count). The van der Waals surface area contributed by atoms with Crippen LogP contribution in [0.3, 0.4) is 0 Å². The standard InChI is InChI=1S/C10H21N3O/c1-13(2)10(14)12-6-3-4-9-5-7-11-8-9/h9,11H,3-8H2,1-2H3,(H,12,14). The van der Waals surface area contributed by atoms with Crippen molar-refractivity contribution in [3.8, 4) is 0 Å². The van der Waals surface area contributed by atoms with Gasteiger partial charge in [-0.2, -0.15) is 0 Å². The van der Waals surface area contributed by atoms with Gasteiger partial charge < -0.3 is 15.5 Å². The van der Waals surface area contributed by atoms with Crippen molar-refractivity contribution >= 4 is 6.03 Å². The lowest BCUT2D eigenvalue weighted by atomic mass is 10.0. The average molecular weight is 199 g/mol. The Bertz CT molecular complexity index is 176. The number of nitrogens with one attached hydrogen (secondary N) is 2. The third-order valence-corrected chi connectivity index (χ3v) is 2.63. The topological polar surface area (TPSA) is 44.4 Å². The van der Waals surface area contributed by atoms with Crippen LogP contribution in [0.25, 0.3) is 0 Å². The Balaban J connectivity index is 1.96. The van der Waals surface area contributed by atoms with Crippen LogP contribution in [0.2, 0.25) is 0 Å². The first-order chi connectivity index (χ1) is 6.70. The lowest BCUT2D eigenvalue weighted by molar-refractivity contribution is 0.217. The molecule has 0 aromatic heterocycles. The van der Waals surface area contributed by atoms with Crippen molar-refractivity contribution in [3.05, 3.63) is 0 Å². The molecule has 4 heteroatoms. The quantitative estimate of drug-likeness (QED) is 0.653. The Morgan fingerprint density at radius 1 is 1.57 bits per heavy atom.